The number of hydrogen-bond donors (Lipinski definition) is 2. The molecule has 0 spiro atoms. The summed E-state index contributed by atoms with van der Waals surface area (Å²) in [7, 11) is 0. The molecule has 1 aromatic heterocycles. The molecule has 0 bridgehead atoms. The minimum absolute atomic E-state index is 0.669. The van der Waals surface area contributed by atoms with Crippen molar-refractivity contribution in [2.45, 2.75) is 6.92 Å². The topological polar surface area (TPSA) is 51.0 Å². The van der Waals surface area contributed by atoms with Crippen molar-refractivity contribution in [1.82, 2.24) is 4.98 Å². The number of aromatic nitrogens is 1. The molecule has 0 fully saturated rings. The fourth-order valence-corrected chi connectivity index (χ4v) is 2.43. The minimum Gasteiger partial charge on any atom is -0.494 e. The number of anilines is 1. The van der Waals surface area contributed by atoms with Crippen molar-refractivity contribution in [3.05, 3.63) is 28.2 Å². The fraction of sp³-hybridized carbons (Fsp3) is 0.182. The van der Waals surface area contributed by atoms with E-state index in [1.807, 2.05) is 31.2 Å². The van der Waals surface area contributed by atoms with Gasteiger partial charge in [-0.2, -0.15) is 0 Å². The van der Waals surface area contributed by atoms with Crippen LogP contribution < -0.4 is 10.5 Å². The van der Waals surface area contributed by atoms with Crippen LogP contribution in [0.2, 0.25) is 0 Å². The predicted octanol–water partition coefficient (Wildman–Crippen LogP) is 3.45. The van der Waals surface area contributed by atoms with Crippen LogP contribution >= 0.6 is 23.6 Å². The van der Waals surface area contributed by atoms with Gasteiger partial charge >= 0.3 is 0 Å². The number of nitrogen functional groups attached to an aromatic ring is 1. The third kappa shape index (κ3) is 2.25. The lowest BCUT2D eigenvalue weighted by Crippen LogP contribution is -1.91. The Morgan fingerprint density at radius 2 is 2.06 bits per heavy atom. The molecule has 2 rings (SSSR count). The van der Waals surface area contributed by atoms with Crippen molar-refractivity contribution in [3.8, 4) is 17.0 Å². The second kappa shape index (κ2) is 4.67. The monoisotopic (exact) mass is 252 g/mol. The average molecular weight is 252 g/mol. The molecular weight excluding hydrogens is 240 g/mol. The predicted molar refractivity (Wildman–Crippen MR) is 70.5 cm³/mol. The Hall–Kier alpha value is -1.33. The molecule has 0 unspecified atom stereocenters. The molecule has 0 aliphatic heterocycles. The highest BCUT2D eigenvalue weighted by Gasteiger charge is 2.05. The van der Waals surface area contributed by atoms with Crippen molar-refractivity contribution in [2.75, 3.05) is 12.3 Å². The van der Waals surface area contributed by atoms with Crippen LogP contribution in [0.1, 0.15) is 6.92 Å². The van der Waals surface area contributed by atoms with Gasteiger partial charge in [0, 0.05) is 5.56 Å². The number of hydrogen-bond acceptors (Lipinski definition) is 4. The van der Waals surface area contributed by atoms with Gasteiger partial charge in [0.25, 0.3) is 0 Å². The molecule has 0 radical (unpaired) electrons. The summed E-state index contributed by atoms with van der Waals surface area (Å²) in [5.41, 5.74) is 7.77. The standard InChI is InChI=1S/C11H12N2OS2/c1-2-14-8-5-3-7(4-6-8)9-10(12)16-11(15)13-9/h3-6H,2,12H2,1H3,(H,13,15). The van der Waals surface area contributed by atoms with Crippen LogP contribution in [0, 0.1) is 3.95 Å². The van der Waals surface area contributed by atoms with E-state index in [-0.39, 0.29) is 0 Å². The molecule has 0 aliphatic carbocycles. The van der Waals surface area contributed by atoms with E-state index in [1.165, 1.54) is 11.3 Å². The van der Waals surface area contributed by atoms with E-state index in [1.54, 1.807) is 0 Å². The third-order valence-electron chi connectivity index (χ3n) is 2.13. The zero-order valence-electron chi connectivity index (χ0n) is 8.82. The number of benzene rings is 1. The quantitative estimate of drug-likeness (QED) is 0.823. The van der Waals surface area contributed by atoms with Gasteiger partial charge in [-0.1, -0.05) is 11.3 Å². The van der Waals surface area contributed by atoms with E-state index >= 15 is 0 Å². The fourth-order valence-electron chi connectivity index (χ4n) is 1.44. The van der Waals surface area contributed by atoms with Gasteiger partial charge in [0.05, 0.1) is 12.3 Å². The van der Waals surface area contributed by atoms with Crippen molar-refractivity contribution >= 4 is 28.6 Å². The second-order valence-electron chi connectivity index (χ2n) is 3.21. The van der Waals surface area contributed by atoms with E-state index in [9.17, 15) is 0 Å². The van der Waals surface area contributed by atoms with Gasteiger partial charge in [-0.05, 0) is 43.4 Å². The SMILES string of the molecule is CCOc1ccc(-c2[nH]c(=S)sc2N)cc1. The molecule has 16 heavy (non-hydrogen) atoms. The van der Waals surface area contributed by atoms with Gasteiger partial charge in [0.15, 0.2) is 3.95 Å². The number of H-pyrrole nitrogens is 1. The Kier molecular flexibility index (Phi) is 3.26. The Balaban J connectivity index is 2.34. The highest BCUT2D eigenvalue weighted by Crippen LogP contribution is 2.29. The average Bonchev–Trinajstić information content (AvgIpc) is 2.59. The highest BCUT2D eigenvalue weighted by molar-refractivity contribution is 7.73. The Labute approximate surface area is 103 Å². The number of ether oxygens (including phenoxy) is 1. The molecule has 0 atom stereocenters. The first kappa shape index (κ1) is 11.2. The van der Waals surface area contributed by atoms with Crippen molar-refractivity contribution in [2.24, 2.45) is 0 Å². The van der Waals surface area contributed by atoms with E-state index < -0.39 is 0 Å². The van der Waals surface area contributed by atoms with Crippen LogP contribution in [0.15, 0.2) is 24.3 Å². The normalized spacial score (nSPS) is 10.3. The van der Waals surface area contributed by atoms with Gasteiger partial charge in [0.2, 0.25) is 0 Å². The Morgan fingerprint density at radius 3 is 2.56 bits per heavy atom. The summed E-state index contributed by atoms with van der Waals surface area (Å²) in [6.45, 7) is 2.63. The summed E-state index contributed by atoms with van der Waals surface area (Å²) in [4.78, 5) is 3.08. The first-order chi connectivity index (χ1) is 7.70. The minimum atomic E-state index is 0.669. The van der Waals surface area contributed by atoms with Crippen LogP contribution in [0.5, 0.6) is 5.75 Å². The van der Waals surface area contributed by atoms with Crippen LogP contribution in [-0.2, 0) is 0 Å². The van der Waals surface area contributed by atoms with Gasteiger partial charge in [0.1, 0.15) is 10.8 Å². The third-order valence-corrected chi connectivity index (χ3v) is 3.19. The van der Waals surface area contributed by atoms with Gasteiger partial charge in [-0.25, -0.2) is 0 Å². The maximum atomic E-state index is 5.86. The van der Waals surface area contributed by atoms with E-state index in [0.29, 0.717) is 15.6 Å². The van der Waals surface area contributed by atoms with E-state index in [0.717, 1.165) is 17.0 Å². The molecule has 84 valence electrons. The summed E-state index contributed by atoms with van der Waals surface area (Å²) >= 11 is 6.43. The van der Waals surface area contributed by atoms with Crippen LogP contribution in [0.4, 0.5) is 5.00 Å². The van der Waals surface area contributed by atoms with Crippen LogP contribution in [0.3, 0.4) is 0 Å². The largest absolute Gasteiger partial charge is 0.494 e. The van der Waals surface area contributed by atoms with Crippen molar-refractivity contribution in [3.63, 3.8) is 0 Å². The van der Waals surface area contributed by atoms with Gasteiger partial charge < -0.3 is 15.5 Å². The molecule has 0 saturated carbocycles. The van der Waals surface area contributed by atoms with Crippen molar-refractivity contribution in [1.29, 1.82) is 0 Å². The van der Waals surface area contributed by atoms with E-state index in [4.69, 9.17) is 22.7 Å². The summed E-state index contributed by atoms with van der Waals surface area (Å²) in [5.74, 6) is 0.860. The number of aromatic amines is 1. The molecule has 2 aromatic rings. The highest BCUT2D eigenvalue weighted by atomic mass is 32.1. The molecule has 3 N–H and O–H groups in total. The molecular formula is C11H12N2OS2. The lowest BCUT2D eigenvalue weighted by Gasteiger charge is -2.04. The van der Waals surface area contributed by atoms with Crippen molar-refractivity contribution < 1.29 is 4.74 Å². The maximum Gasteiger partial charge on any atom is 0.160 e. The smallest absolute Gasteiger partial charge is 0.160 e. The van der Waals surface area contributed by atoms with E-state index in [2.05, 4.69) is 4.98 Å². The summed E-state index contributed by atoms with van der Waals surface area (Å²) < 4.78 is 6.07. The molecule has 1 aromatic carbocycles. The van der Waals surface area contributed by atoms with Gasteiger partial charge in [-0.3, -0.25) is 0 Å². The maximum absolute atomic E-state index is 5.86. The summed E-state index contributed by atoms with van der Waals surface area (Å²) in [5, 5.41) is 0.717. The first-order valence-corrected chi connectivity index (χ1v) is 6.15. The van der Waals surface area contributed by atoms with Crippen LogP contribution in [-0.4, -0.2) is 11.6 Å². The zero-order valence-corrected chi connectivity index (χ0v) is 10.5. The number of thiazole rings is 1. The molecule has 3 nitrogen and oxygen atoms in total. The molecule has 0 amide bonds. The molecule has 5 heteroatoms. The van der Waals surface area contributed by atoms with Gasteiger partial charge in [-0.15, -0.1) is 0 Å². The lowest BCUT2D eigenvalue weighted by atomic mass is 10.1. The number of rotatable bonds is 3. The second-order valence-corrected chi connectivity index (χ2v) is 4.93. The Bertz CT molecular complexity index is 528. The zero-order chi connectivity index (χ0) is 11.5. The molecule has 0 saturated heterocycles. The first-order valence-electron chi connectivity index (χ1n) is 4.92. The lowest BCUT2D eigenvalue weighted by molar-refractivity contribution is 0.340. The molecule has 1 heterocycles. The number of nitrogens with two attached hydrogens (primary N) is 1. The van der Waals surface area contributed by atoms with Crippen LogP contribution in [0.25, 0.3) is 11.3 Å². The molecule has 0 aliphatic rings. The number of nitrogens with one attached hydrogen (secondary N) is 1. The summed E-state index contributed by atoms with van der Waals surface area (Å²) in [6, 6.07) is 7.78. The Morgan fingerprint density at radius 1 is 1.38 bits per heavy atom. The summed E-state index contributed by atoms with van der Waals surface area (Å²) in [6.07, 6.45) is 0.